The van der Waals surface area contributed by atoms with Gasteiger partial charge in [-0.05, 0) is 39.5 Å². The Kier molecular flexibility index (Phi) is 3.27. The van der Waals surface area contributed by atoms with E-state index in [1.54, 1.807) is 6.20 Å². The van der Waals surface area contributed by atoms with E-state index < -0.39 is 0 Å². The molecular formula is C14H17ClN4. The van der Waals surface area contributed by atoms with Crippen LogP contribution >= 0.6 is 11.6 Å². The van der Waals surface area contributed by atoms with Crippen molar-refractivity contribution in [2.75, 3.05) is 0 Å². The van der Waals surface area contributed by atoms with Gasteiger partial charge in [0.2, 0.25) is 0 Å². The Balaban J connectivity index is 2.10. The number of aromatic nitrogens is 4. The lowest BCUT2D eigenvalue weighted by molar-refractivity contribution is 0.601. The van der Waals surface area contributed by atoms with E-state index >= 15 is 0 Å². The van der Waals surface area contributed by atoms with E-state index in [1.165, 1.54) is 12.8 Å². The molecule has 0 aromatic carbocycles. The van der Waals surface area contributed by atoms with Crippen LogP contribution < -0.4 is 0 Å². The monoisotopic (exact) mass is 276 g/mol. The minimum absolute atomic E-state index is 0.330. The Labute approximate surface area is 117 Å². The van der Waals surface area contributed by atoms with Gasteiger partial charge in [-0.1, -0.05) is 11.6 Å². The molecule has 19 heavy (non-hydrogen) atoms. The molecule has 2 aromatic heterocycles. The summed E-state index contributed by atoms with van der Waals surface area (Å²) >= 11 is 6.32. The fraction of sp³-hybridized carbons (Fsp3) is 0.500. The van der Waals surface area contributed by atoms with Gasteiger partial charge in [0.1, 0.15) is 10.8 Å². The molecule has 0 bridgehead atoms. The second kappa shape index (κ2) is 4.93. The summed E-state index contributed by atoms with van der Waals surface area (Å²) in [6, 6.07) is 0.330. The number of hydrogen-bond donors (Lipinski definition) is 0. The van der Waals surface area contributed by atoms with Crippen LogP contribution in [0.1, 0.15) is 44.0 Å². The maximum absolute atomic E-state index is 6.32. The van der Waals surface area contributed by atoms with Crippen molar-refractivity contribution in [2.45, 2.75) is 45.6 Å². The largest absolute Gasteiger partial charge is 0.325 e. The zero-order valence-corrected chi connectivity index (χ0v) is 12.0. The standard InChI is InChI=1S/C14H17ClN4/c1-9(2)19-8-16-7-12(19)14-17-11-6-4-3-5-10(11)13(15)18-14/h7-9H,3-6H2,1-2H3. The molecule has 1 aliphatic carbocycles. The van der Waals surface area contributed by atoms with Crippen LogP contribution in [0.15, 0.2) is 12.5 Å². The normalized spacial score (nSPS) is 14.7. The Hall–Kier alpha value is -1.42. The van der Waals surface area contributed by atoms with Gasteiger partial charge in [0.05, 0.1) is 12.5 Å². The fourth-order valence-corrected chi connectivity index (χ4v) is 2.84. The van der Waals surface area contributed by atoms with E-state index in [1.807, 2.05) is 6.33 Å². The van der Waals surface area contributed by atoms with Crippen LogP contribution in [0, 0.1) is 0 Å². The molecule has 100 valence electrons. The summed E-state index contributed by atoms with van der Waals surface area (Å²) in [5.74, 6) is 0.692. The number of hydrogen-bond acceptors (Lipinski definition) is 3. The average Bonchev–Trinajstić information content (AvgIpc) is 2.88. The lowest BCUT2D eigenvalue weighted by atomic mass is 9.97. The zero-order chi connectivity index (χ0) is 13.4. The van der Waals surface area contributed by atoms with E-state index in [0.29, 0.717) is 17.0 Å². The predicted molar refractivity (Wildman–Crippen MR) is 75.3 cm³/mol. The molecule has 4 nitrogen and oxygen atoms in total. The first-order chi connectivity index (χ1) is 9.16. The van der Waals surface area contributed by atoms with E-state index in [2.05, 4.69) is 28.4 Å². The van der Waals surface area contributed by atoms with Crippen molar-refractivity contribution < 1.29 is 0 Å². The van der Waals surface area contributed by atoms with Gasteiger partial charge >= 0.3 is 0 Å². The van der Waals surface area contributed by atoms with Crippen molar-refractivity contribution in [1.29, 1.82) is 0 Å². The Bertz CT molecular complexity index is 603. The van der Waals surface area contributed by atoms with Gasteiger partial charge in [-0.3, -0.25) is 0 Å². The summed E-state index contributed by atoms with van der Waals surface area (Å²) in [4.78, 5) is 13.4. The Morgan fingerprint density at radius 2 is 2.00 bits per heavy atom. The molecule has 0 saturated heterocycles. The van der Waals surface area contributed by atoms with Gasteiger partial charge in [0, 0.05) is 17.3 Å². The summed E-state index contributed by atoms with van der Waals surface area (Å²) < 4.78 is 2.07. The summed E-state index contributed by atoms with van der Waals surface area (Å²) in [6.45, 7) is 4.23. The molecule has 3 rings (SSSR count). The molecule has 0 saturated carbocycles. The lowest BCUT2D eigenvalue weighted by Crippen LogP contribution is -2.10. The third-order valence-corrected chi connectivity index (χ3v) is 3.90. The molecule has 0 atom stereocenters. The third-order valence-electron chi connectivity index (χ3n) is 3.58. The highest BCUT2D eigenvalue weighted by Gasteiger charge is 2.19. The zero-order valence-electron chi connectivity index (χ0n) is 11.2. The van der Waals surface area contributed by atoms with Gasteiger partial charge in [-0.2, -0.15) is 0 Å². The van der Waals surface area contributed by atoms with E-state index in [9.17, 15) is 0 Å². The van der Waals surface area contributed by atoms with E-state index in [0.717, 1.165) is 29.8 Å². The summed E-state index contributed by atoms with van der Waals surface area (Å²) in [5.41, 5.74) is 3.18. The molecule has 2 heterocycles. The number of rotatable bonds is 2. The Morgan fingerprint density at radius 3 is 2.79 bits per heavy atom. The maximum Gasteiger partial charge on any atom is 0.179 e. The quantitative estimate of drug-likeness (QED) is 0.789. The van der Waals surface area contributed by atoms with Crippen molar-refractivity contribution in [2.24, 2.45) is 0 Å². The van der Waals surface area contributed by atoms with E-state index in [-0.39, 0.29) is 0 Å². The van der Waals surface area contributed by atoms with Crippen LogP contribution in [0.25, 0.3) is 11.5 Å². The summed E-state index contributed by atoms with van der Waals surface area (Å²) in [7, 11) is 0. The second-order valence-electron chi connectivity index (χ2n) is 5.25. The van der Waals surface area contributed by atoms with Crippen molar-refractivity contribution in [3.8, 4) is 11.5 Å². The molecule has 2 aromatic rings. The van der Waals surface area contributed by atoms with Crippen molar-refractivity contribution in [3.05, 3.63) is 28.9 Å². The molecule has 1 aliphatic rings. The van der Waals surface area contributed by atoms with Crippen LogP contribution in [-0.2, 0) is 12.8 Å². The average molecular weight is 277 g/mol. The van der Waals surface area contributed by atoms with Gasteiger partial charge in [0.25, 0.3) is 0 Å². The van der Waals surface area contributed by atoms with Crippen LogP contribution in [0.3, 0.4) is 0 Å². The number of aryl methyl sites for hydroxylation is 1. The molecule has 0 unspecified atom stereocenters. The third kappa shape index (κ3) is 2.25. The molecule has 0 spiro atoms. The number of fused-ring (bicyclic) bond motifs is 1. The van der Waals surface area contributed by atoms with Gasteiger partial charge < -0.3 is 4.57 Å². The second-order valence-corrected chi connectivity index (χ2v) is 5.61. The topological polar surface area (TPSA) is 43.6 Å². The Morgan fingerprint density at radius 1 is 1.21 bits per heavy atom. The molecule has 0 radical (unpaired) electrons. The first-order valence-electron chi connectivity index (χ1n) is 6.74. The van der Waals surface area contributed by atoms with Crippen LogP contribution in [0.5, 0.6) is 0 Å². The highest BCUT2D eigenvalue weighted by atomic mass is 35.5. The molecule has 5 heteroatoms. The van der Waals surface area contributed by atoms with Crippen LogP contribution in [0.4, 0.5) is 0 Å². The van der Waals surface area contributed by atoms with Crippen molar-refractivity contribution in [1.82, 2.24) is 19.5 Å². The first kappa shape index (κ1) is 12.6. The fourth-order valence-electron chi connectivity index (χ4n) is 2.55. The summed E-state index contributed by atoms with van der Waals surface area (Å²) in [6.07, 6.45) is 7.98. The van der Waals surface area contributed by atoms with E-state index in [4.69, 9.17) is 16.6 Å². The minimum atomic E-state index is 0.330. The molecule has 0 N–H and O–H groups in total. The van der Waals surface area contributed by atoms with Crippen LogP contribution in [0.2, 0.25) is 5.15 Å². The van der Waals surface area contributed by atoms with Gasteiger partial charge in [0.15, 0.2) is 5.82 Å². The molecule has 0 amide bonds. The van der Waals surface area contributed by atoms with Crippen molar-refractivity contribution in [3.63, 3.8) is 0 Å². The lowest BCUT2D eigenvalue weighted by Gasteiger charge is -2.17. The molecule has 0 fully saturated rings. The van der Waals surface area contributed by atoms with Crippen LogP contribution in [-0.4, -0.2) is 19.5 Å². The number of halogens is 1. The number of nitrogens with zero attached hydrogens (tertiary/aromatic N) is 4. The first-order valence-corrected chi connectivity index (χ1v) is 7.12. The maximum atomic E-state index is 6.32. The smallest absolute Gasteiger partial charge is 0.179 e. The summed E-state index contributed by atoms with van der Waals surface area (Å²) in [5, 5.41) is 0.608. The highest BCUT2D eigenvalue weighted by Crippen LogP contribution is 2.28. The predicted octanol–water partition coefficient (Wildman–Crippen LogP) is 3.45. The molecular weight excluding hydrogens is 260 g/mol. The number of imidazole rings is 1. The molecule has 0 aliphatic heterocycles. The van der Waals surface area contributed by atoms with Gasteiger partial charge in [-0.15, -0.1) is 0 Å². The van der Waals surface area contributed by atoms with Crippen molar-refractivity contribution >= 4 is 11.6 Å². The minimum Gasteiger partial charge on any atom is -0.325 e. The highest BCUT2D eigenvalue weighted by molar-refractivity contribution is 6.30. The van der Waals surface area contributed by atoms with Gasteiger partial charge in [-0.25, -0.2) is 15.0 Å². The SMILES string of the molecule is CC(C)n1cncc1-c1nc(Cl)c2c(n1)CCCC2.